The van der Waals surface area contributed by atoms with Crippen LogP contribution in [-0.2, 0) is 16.2 Å². The van der Waals surface area contributed by atoms with E-state index in [-0.39, 0.29) is 16.2 Å². The van der Waals surface area contributed by atoms with Crippen molar-refractivity contribution in [2.45, 2.75) is 78.1 Å². The van der Waals surface area contributed by atoms with Gasteiger partial charge in [0.2, 0.25) is 0 Å². The van der Waals surface area contributed by atoms with Gasteiger partial charge < -0.3 is 9.80 Å². The van der Waals surface area contributed by atoms with E-state index < -0.39 is 0 Å². The van der Waals surface area contributed by atoms with Gasteiger partial charge in [0.1, 0.15) is 0 Å². The molecule has 0 fully saturated rings. The fourth-order valence-electron chi connectivity index (χ4n) is 10.3. The predicted molar refractivity (Wildman–Crippen MR) is 281 cm³/mol. The van der Waals surface area contributed by atoms with Crippen LogP contribution in [-0.4, -0.2) is 0 Å². The topological polar surface area (TPSA) is 6.48 Å². The fraction of sp³-hybridized carbons (Fsp3) is 0.206. The molecule has 1 atom stereocenters. The zero-order chi connectivity index (χ0) is 45.1. The number of nitrogens with zero attached hydrogens (tertiary/aromatic N) is 2. The monoisotopic (exact) mass is 844 g/mol. The maximum atomic E-state index is 2.52. The SMILES string of the molecule is CC(C)(C)c1ccc(N(C2=CC=C3c4ccc(C=Cc5ccc(N(c6ccc(C(C)(C)C)cc6)c6cccc7ccccc67)cc5)cc4C(C)(C)C3C2)c2cccc3ccccc23)cc1. The summed E-state index contributed by atoms with van der Waals surface area (Å²) in [6, 6.07) is 65.2. The van der Waals surface area contributed by atoms with Crippen molar-refractivity contribution in [3.63, 3.8) is 0 Å². The summed E-state index contributed by atoms with van der Waals surface area (Å²) in [5, 5.41) is 4.98. The zero-order valence-electron chi connectivity index (χ0n) is 39.2. The number of rotatable bonds is 8. The highest BCUT2D eigenvalue weighted by molar-refractivity contribution is 5.99. The standard InChI is InChI=1S/C63H60N2/c1-61(2,3)47-28-34-50(35-29-47)64(59-21-13-17-45-15-9-11-19-53(45)59)49-32-25-43(26-33-49)23-24-44-27-39-55-56-40-38-52(42-58(56)63(7,8)57(55)41-44)65(51-36-30-48(31-37-51)62(4,5)6)60-22-14-18-46-16-10-12-20-54(46)60/h9-41,58H,42H2,1-8H3. The molecule has 0 amide bonds. The maximum absolute atomic E-state index is 2.52. The molecular weight excluding hydrogens is 785 g/mol. The molecule has 8 aromatic rings. The van der Waals surface area contributed by atoms with E-state index in [0.717, 1.165) is 17.8 Å². The molecule has 2 nitrogen and oxygen atoms in total. The number of benzene rings is 8. The molecule has 2 aliphatic carbocycles. The average molecular weight is 845 g/mol. The average Bonchev–Trinajstić information content (AvgIpc) is 3.53. The highest BCUT2D eigenvalue weighted by Crippen LogP contribution is 2.55. The van der Waals surface area contributed by atoms with Crippen LogP contribution >= 0.6 is 0 Å². The van der Waals surface area contributed by atoms with Gasteiger partial charge >= 0.3 is 0 Å². The Balaban J connectivity index is 0.943. The third-order valence-electron chi connectivity index (χ3n) is 14.1. The van der Waals surface area contributed by atoms with Crippen LogP contribution in [0.5, 0.6) is 0 Å². The molecule has 8 aromatic carbocycles. The molecule has 0 aromatic heterocycles. The molecule has 0 heterocycles. The van der Waals surface area contributed by atoms with Crippen molar-refractivity contribution in [3.05, 3.63) is 227 Å². The first kappa shape index (κ1) is 42.1. The molecule has 322 valence electrons. The summed E-state index contributed by atoms with van der Waals surface area (Å²) in [4.78, 5) is 4.91. The van der Waals surface area contributed by atoms with E-state index in [9.17, 15) is 0 Å². The molecule has 2 heteroatoms. The van der Waals surface area contributed by atoms with Crippen LogP contribution in [0, 0.1) is 5.92 Å². The van der Waals surface area contributed by atoms with Gasteiger partial charge in [-0.2, -0.15) is 0 Å². The molecule has 0 N–H and O–H groups in total. The second kappa shape index (κ2) is 16.3. The molecule has 0 spiro atoms. The van der Waals surface area contributed by atoms with Gasteiger partial charge in [-0.1, -0.05) is 201 Å². The van der Waals surface area contributed by atoms with Gasteiger partial charge in [-0.25, -0.2) is 0 Å². The Morgan fingerprint density at radius 1 is 0.477 bits per heavy atom. The van der Waals surface area contributed by atoms with E-state index in [1.807, 2.05) is 0 Å². The van der Waals surface area contributed by atoms with Crippen LogP contribution in [0.4, 0.5) is 28.4 Å². The Kier molecular flexibility index (Phi) is 10.5. The normalized spacial score (nSPS) is 15.7. The Morgan fingerprint density at radius 2 is 0.938 bits per heavy atom. The number of anilines is 5. The smallest absolute Gasteiger partial charge is 0.0540 e. The van der Waals surface area contributed by atoms with Crippen molar-refractivity contribution in [1.82, 2.24) is 0 Å². The molecule has 0 saturated heterocycles. The van der Waals surface area contributed by atoms with Crippen molar-refractivity contribution in [3.8, 4) is 0 Å². The van der Waals surface area contributed by atoms with Crippen molar-refractivity contribution < 1.29 is 0 Å². The Labute approximate surface area is 386 Å². The van der Waals surface area contributed by atoms with Gasteiger partial charge in [-0.3, -0.25) is 0 Å². The summed E-state index contributed by atoms with van der Waals surface area (Å²) in [7, 11) is 0. The summed E-state index contributed by atoms with van der Waals surface area (Å²) in [5.74, 6) is 0.352. The summed E-state index contributed by atoms with van der Waals surface area (Å²) < 4.78 is 0. The number of fused-ring (bicyclic) bond motifs is 5. The van der Waals surface area contributed by atoms with Crippen molar-refractivity contribution in [1.29, 1.82) is 0 Å². The quantitative estimate of drug-likeness (QED) is 0.141. The molecule has 1 unspecified atom stereocenters. The van der Waals surface area contributed by atoms with E-state index in [1.54, 1.807) is 0 Å². The van der Waals surface area contributed by atoms with Gasteiger partial charge in [-0.05, 0) is 133 Å². The molecule has 10 rings (SSSR count). The van der Waals surface area contributed by atoms with Crippen molar-refractivity contribution in [2.75, 3.05) is 9.80 Å². The zero-order valence-corrected chi connectivity index (χ0v) is 39.2. The van der Waals surface area contributed by atoms with E-state index in [4.69, 9.17) is 0 Å². The van der Waals surface area contributed by atoms with Crippen LogP contribution in [0.3, 0.4) is 0 Å². The highest BCUT2D eigenvalue weighted by atomic mass is 15.2. The van der Waals surface area contributed by atoms with E-state index in [2.05, 4.69) is 265 Å². The van der Waals surface area contributed by atoms with Gasteiger partial charge in [0.05, 0.1) is 11.4 Å². The minimum atomic E-state index is -0.0527. The van der Waals surface area contributed by atoms with Crippen molar-refractivity contribution in [2.24, 2.45) is 5.92 Å². The second-order valence-corrected chi connectivity index (χ2v) is 20.7. The first-order chi connectivity index (χ1) is 31.2. The largest absolute Gasteiger partial charge is 0.314 e. The molecule has 0 radical (unpaired) electrons. The molecule has 65 heavy (non-hydrogen) atoms. The van der Waals surface area contributed by atoms with Crippen LogP contribution in [0.2, 0.25) is 0 Å². The minimum absolute atomic E-state index is 0.0527. The maximum Gasteiger partial charge on any atom is 0.0540 e. The Bertz CT molecular complexity index is 3130. The number of hydrogen-bond donors (Lipinski definition) is 0. The number of hydrogen-bond acceptors (Lipinski definition) is 2. The molecular formula is C63H60N2. The van der Waals surface area contributed by atoms with Crippen LogP contribution in [0.15, 0.2) is 194 Å². The molecule has 0 bridgehead atoms. The lowest BCUT2D eigenvalue weighted by Crippen LogP contribution is -2.29. The van der Waals surface area contributed by atoms with Gasteiger partial charge in [0.25, 0.3) is 0 Å². The van der Waals surface area contributed by atoms with Gasteiger partial charge in [0, 0.05) is 33.5 Å². The highest BCUT2D eigenvalue weighted by Gasteiger charge is 2.44. The third kappa shape index (κ3) is 7.90. The first-order valence-electron chi connectivity index (χ1n) is 23.3. The fourth-order valence-corrected chi connectivity index (χ4v) is 10.3. The van der Waals surface area contributed by atoms with Gasteiger partial charge in [0.15, 0.2) is 0 Å². The van der Waals surface area contributed by atoms with E-state index in [1.165, 1.54) is 83.3 Å². The third-order valence-corrected chi connectivity index (χ3v) is 14.1. The summed E-state index contributed by atoms with van der Waals surface area (Å²) in [5.41, 5.74) is 16.6. The van der Waals surface area contributed by atoms with Crippen LogP contribution in [0.1, 0.15) is 95.2 Å². The molecule has 0 saturated carbocycles. The predicted octanol–water partition coefficient (Wildman–Crippen LogP) is 17.6. The molecule has 0 aliphatic heterocycles. The minimum Gasteiger partial charge on any atom is -0.314 e. The summed E-state index contributed by atoms with van der Waals surface area (Å²) in [6.07, 6.45) is 10.3. The lowest BCUT2D eigenvalue weighted by molar-refractivity contribution is 0.406. The lowest BCUT2D eigenvalue weighted by atomic mass is 9.73. The summed E-state index contributed by atoms with van der Waals surface area (Å²) >= 11 is 0. The number of allylic oxidation sites excluding steroid dienone is 4. The Morgan fingerprint density at radius 3 is 1.49 bits per heavy atom. The summed E-state index contributed by atoms with van der Waals surface area (Å²) in [6.45, 7) is 18.6. The first-order valence-corrected chi connectivity index (χ1v) is 23.3. The molecule has 2 aliphatic rings. The van der Waals surface area contributed by atoms with Crippen LogP contribution < -0.4 is 9.80 Å². The lowest BCUT2D eigenvalue weighted by Gasteiger charge is -2.36. The van der Waals surface area contributed by atoms with Crippen molar-refractivity contribution >= 4 is 67.7 Å². The van der Waals surface area contributed by atoms with E-state index in [0.29, 0.717) is 5.92 Å². The van der Waals surface area contributed by atoms with Crippen LogP contribution in [0.25, 0.3) is 39.3 Å². The van der Waals surface area contributed by atoms with E-state index >= 15 is 0 Å². The second-order valence-electron chi connectivity index (χ2n) is 20.7. The van der Waals surface area contributed by atoms with Gasteiger partial charge in [-0.15, -0.1) is 0 Å². The Hall–Kier alpha value is -6.90.